The van der Waals surface area contributed by atoms with Gasteiger partial charge >= 0.3 is 0 Å². The number of hydrogen-bond donors (Lipinski definition) is 1. The fraction of sp³-hybridized carbons (Fsp3) is 0.769. The van der Waals surface area contributed by atoms with Crippen LogP contribution in [0.1, 0.15) is 25.2 Å². The third-order valence-electron chi connectivity index (χ3n) is 3.13. The Balaban J connectivity index is 2.95. The number of likely N-dealkylation sites (N-methyl/N-ethyl adjacent to an activating group) is 1. The predicted molar refractivity (Wildman–Crippen MR) is 76.6 cm³/mol. The summed E-state index contributed by atoms with van der Waals surface area (Å²) in [5.41, 5.74) is 1.88. The summed E-state index contributed by atoms with van der Waals surface area (Å²) in [4.78, 5) is 0. The fourth-order valence-electron chi connectivity index (χ4n) is 2.22. The number of aryl methyl sites for hydroxylation is 2. The van der Waals surface area contributed by atoms with E-state index in [-0.39, 0.29) is 12.3 Å². The zero-order valence-electron chi connectivity index (χ0n) is 12.4. The molecule has 0 aromatic carbocycles. The molecule has 110 valence electrons. The van der Waals surface area contributed by atoms with E-state index in [0.29, 0.717) is 6.42 Å². The van der Waals surface area contributed by atoms with Crippen molar-refractivity contribution < 1.29 is 9.47 Å². The third-order valence-corrected chi connectivity index (χ3v) is 3.62. The molecule has 1 aromatic rings. The second-order valence-corrected chi connectivity index (χ2v) is 4.75. The summed E-state index contributed by atoms with van der Waals surface area (Å²) in [7, 11) is 3.28. The molecule has 0 aliphatic rings. The minimum absolute atomic E-state index is 0.0406. The summed E-state index contributed by atoms with van der Waals surface area (Å²) in [6.45, 7) is 7.67. The van der Waals surface area contributed by atoms with Crippen molar-refractivity contribution in [3.63, 3.8) is 0 Å². The molecule has 1 atom stereocenters. The lowest BCUT2D eigenvalue weighted by Crippen LogP contribution is -2.44. The first-order valence-corrected chi connectivity index (χ1v) is 6.97. The lowest BCUT2D eigenvalue weighted by molar-refractivity contribution is -0.122. The van der Waals surface area contributed by atoms with Crippen molar-refractivity contribution >= 4 is 11.6 Å². The van der Waals surface area contributed by atoms with Crippen molar-refractivity contribution in [1.82, 2.24) is 15.1 Å². The molecule has 0 aliphatic heterocycles. The Morgan fingerprint density at radius 1 is 1.32 bits per heavy atom. The molecule has 6 heteroatoms. The standard InChI is InChI=1S/C13H24ClN3O2/c1-6-15-10(13(18-4)19-5)8-11-12(14)9(3)16-17(11)7-2/h10,13,15H,6-8H2,1-5H3. The number of ether oxygens (including phenoxy) is 2. The van der Waals surface area contributed by atoms with Crippen LogP contribution in [0.25, 0.3) is 0 Å². The van der Waals surface area contributed by atoms with Crippen LogP contribution in [0.15, 0.2) is 0 Å². The van der Waals surface area contributed by atoms with Gasteiger partial charge < -0.3 is 14.8 Å². The Bertz CT molecular complexity index is 391. The molecule has 0 aliphatic carbocycles. The highest BCUT2D eigenvalue weighted by atomic mass is 35.5. The van der Waals surface area contributed by atoms with Crippen LogP contribution in [0.5, 0.6) is 0 Å². The van der Waals surface area contributed by atoms with Gasteiger partial charge in [-0.25, -0.2) is 0 Å². The van der Waals surface area contributed by atoms with Gasteiger partial charge in [0.25, 0.3) is 0 Å². The monoisotopic (exact) mass is 289 g/mol. The molecule has 0 amide bonds. The van der Waals surface area contributed by atoms with Crippen molar-refractivity contribution in [2.24, 2.45) is 0 Å². The molecule has 1 aromatic heterocycles. The van der Waals surface area contributed by atoms with E-state index in [1.165, 1.54) is 0 Å². The molecule has 0 saturated carbocycles. The molecule has 0 radical (unpaired) electrons. The Kier molecular flexibility index (Phi) is 6.79. The summed E-state index contributed by atoms with van der Waals surface area (Å²) >= 11 is 6.34. The first-order chi connectivity index (χ1) is 9.08. The normalized spacial score (nSPS) is 13.2. The first-order valence-electron chi connectivity index (χ1n) is 6.59. The maximum Gasteiger partial charge on any atom is 0.172 e. The van der Waals surface area contributed by atoms with Gasteiger partial charge in [0.1, 0.15) is 0 Å². The maximum absolute atomic E-state index is 6.34. The Morgan fingerprint density at radius 3 is 2.42 bits per heavy atom. The highest BCUT2D eigenvalue weighted by molar-refractivity contribution is 6.31. The van der Waals surface area contributed by atoms with Gasteiger partial charge in [-0.3, -0.25) is 4.68 Å². The number of nitrogens with one attached hydrogen (secondary N) is 1. The van der Waals surface area contributed by atoms with Crippen LogP contribution in [0.3, 0.4) is 0 Å². The molecule has 0 spiro atoms. The van der Waals surface area contributed by atoms with Crippen LogP contribution < -0.4 is 5.32 Å². The second kappa shape index (κ2) is 7.85. The number of nitrogens with zero attached hydrogens (tertiary/aromatic N) is 2. The van der Waals surface area contributed by atoms with Gasteiger partial charge in [-0.15, -0.1) is 0 Å². The average Bonchev–Trinajstić information content (AvgIpc) is 2.68. The summed E-state index contributed by atoms with van der Waals surface area (Å²) in [6, 6.07) is 0.0406. The minimum Gasteiger partial charge on any atom is -0.354 e. The van der Waals surface area contributed by atoms with Crippen LogP contribution in [0.2, 0.25) is 5.02 Å². The van der Waals surface area contributed by atoms with Gasteiger partial charge in [-0.2, -0.15) is 5.10 Å². The Labute approximate surface area is 120 Å². The van der Waals surface area contributed by atoms with Crippen LogP contribution in [-0.2, 0) is 22.4 Å². The van der Waals surface area contributed by atoms with Crippen LogP contribution in [-0.4, -0.2) is 42.9 Å². The lowest BCUT2D eigenvalue weighted by Gasteiger charge is -2.25. The Hall–Kier alpha value is -0.620. The van der Waals surface area contributed by atoms with E-state index in [1.807, 2.05) is 11.6 Å². The fourth-order valence-corrected chi connectivity index (χ4v) is 2.44. The van der Waals surface area contributed by atoms with Gasteiger partial charge in [0.05, 0.1) is 22.5 Å². The summed E-state index contributed by atoms with van der Waals surface area (Å²) in [5, 5.41) is 8.53. The highest BCUT2D eigenvalue weighted by Crippen LogP contribution is 2.22. The molecule has 19 heavy (non-hydrogen) atoms. The topological polar surface area (TPSA) is 48.3 Å². The Morgan fingerprint density at radius 2 is 1.95 bits per heavy atom. The molecule has 1 heterocycles. The molecular weight excluding hydrogens is 266 g/mol. The van der Waals surface area contributed by atoms with Crippen LogP contribution in [0, 0.1) is 6.92 Å². The van der Waals surface area contributed by atoms with E-state index >= 15 is 0 Å². The van der Waals surface area contributed by atoms with E-state index in [2.05, 4.69) is 24.3 Å². The SMILES string of the molecule is CCNC(Cc1c(Cl)c(C)nn1CC)C(OC)OC. The van der Waals surface area contributed by atoms with Gasteiger partial charge in [0, 0.05) is 27.2 Å². The van der Waals surface area contributed by atoms with E-state index in [1.54, 1.807) is 14.2 Å². The van der Waals surface area contributed by atoms with Crippen LogP contribution >= 0.6 is 11.6 Å². The number of hydrogen-bond acceptors (Lipinski definition) is 4. The van der Waals surface area contributed by atoms with E-state index in [9.17, 15) is 0 Å². The van der Waals surface area contributed by atoms with Crippen LogP contribution in [0.4, 0.5) is 0 Å². The quantitative estimate of drug-likeness (QED) is 0.744. The summed E-state index contributed by atoms with van der Waals surface area (Å²) < 4.78 is 12.6. The molecule has 1 rings (SSSR count). The minimum atomic E-state index is -0.309. The zero-order valence-corrected chi connectivity index (χ0v) is 13.1. The molecule has 5 nitrogen and oxygen atoms in total. The molecule has 0 saturated heterocycles. The van der Waals surface area contributed by atoms with Gasteiger partial charge in [0.2, 0.25) is 0 Å². The molecular formula is C13H24ClN3O2. The van der Waals surface area contributed by atoms with Crippen molar-refractivity contribution in [1.29, 1.82) is 0 Å². The predicted octanol–water partition coefficient (Wildman–Crippen LogP) is 2.00. The third kappa shape index (κ3) is 3.92. The van der Waals surface area contributed by atoms with Gasteiger partial charge in [-0.05, 0) is 20.4 Å². The van der Waals surface area contributed by atoms with Crippen molar-refractivity contribution in [3.8, 4) is 0 Å². The summed E-state index contributed by atoms with van der Waals surface area (Å²) in [5.74, 6) is 0. The van der Waals surface area contributed by atoms with E-state index in [4.69, 9.17) is 21.1 Å². The number of halogens is 1. The number of methoxy groups -OCH3 is 2. The van der Waals surface area contributed by atoms with Gasteiger partial charge in [0.15, 0.2) is 6.29 Å². The van der Waals surface area contributed by atoms with Crippen molar-refractivity contribution in [2.45, 2.75) is 46.1 Å². The smallest absolute Gasteiger partial charge is 0.172 e. The zero-order chi connectivity index (χ0) is 14.4. The highest BCUT2D eigenvalue weighted by Gasteiger charge is 2.24. The van der Waals surface area contributed by atoms with E-state index < -0.39 is 0 Å². The number of aromatic nitrogens is 2. The van der Waals surface area contributed by atoms with Gasteiger partial charge in [-0.1, -0.05) is 18.5 Å². The maximum atomic E-state index is 6.34. The molecule has 0 bridgehead atoms. The van der Waals surface area contributed by atoms with E-state index in [0.717, 1.165) is 29.5 Å². The van der Waals surface area contributed by atoms with Crippen molar-refractivity contribution in [3.05, 3.63) is 16.4 Å². The molecule has 1 unspecified atom stereocenters. The van der Waals surface area contributed by atoms with Crippen molar-refractivity contribution in [2.75, 3.05) is 20.8 Å². The number of rotatable bonds is 8. The largest absolute Gasteiger partial charge is 0.354 e. The molecule has 1 N–H and O–H groups in total. The molecule has 0 fully saturated rings. The first kappa shape index (κ1) is 16.4. The summed E-state index contributed by atoms with van der Waals surface area (Å²) in [6.07, 6.45) is 0.407. The second-order valence-electron chi connectivity index (χ2n) is 4.37. The average molecular weight is 290 g/mol. The lowest BCUT2D eigenvalue weighted by atomic mass is 10.1.